The van der Waals surface area contributed by atoms with Crippen LogP contribution >= 0.6 is 11.8 Å². The van der Waals surface area contributed by atoms with E-state index < -0.39 is 5.25 Å². The molecule has 7 heteroatoms. The van der Waals surface area contributed by atoms with Crippen molar-refractivity contribution < 1.29 is 13.6 Å². The Morgan fingerprint density at radius 3 is 2.67 bits per heavy atom. The van der Waals surface area contributed by atoms with Gasteiger partial charge in [0, 0.05) is 19.2 Å². The molecule has 0 spiro atoms. The Kier molecular flexibility index (Phi) is 5.91. The van der Waals surface area contributed by atoms with Gasteiger partial charge in [-0.05, 0) is 43.7 Å². The van der Waals surface area contributed by atoms with Gasteiger partial charge in [-0.3, -0.25) is 4.79 Å². The lowest BCUT2D eigenvalue weighted by Crippen LogP contribution is -2.32. The van der Waals surface area contributed by atoms with Gasteiger partial charge in [-0.1, -0.05) is 41.6 Å². The molecule has 2 aromatic carbocycles. The molecule has 5 nitrogen and oxygen atoms in total. The molecule has 3 aromatic rings. The van der Waals surface area contributed by atoms with Gasteiger partial charge in [0.1, 0.15) is 5.82 Å². The van der Waals surface area contributed by atoms with Crippen molar-refractivity contribution in [2.24, 2.45) is 0 Å². The average Bonchev–Trinajstić information content (AvgIpc) is 3.10. The summed E-state index contributed by atoms with van der Waals surface area (Å²) in [4.78, 5) is 14.1. The van der Waals surface area contributed by atoms with E-state index in [9.17, 15) is 9.18 Å². The number of carbonyl (C=O) groups excluding carboxylic acids is 1. The van der Waals surface area contributed by atoms with Gasteiger partial charge in [-0.15, -0.1) is 10.2 Å². The normalized spacial score (nSPS) is 12.0. The molecule has 0 aliphatic heterocycles. The monoisotopic (exact) mass is 385 g/mol. The summed E-state index contributed by atoms with van der Waals surface area (Å²) < 4.78 is 19.0. The second-order valence-corrected chi connectivity index (χ2v) is 7.62. The second kappa shape index (κ2) is 8.35. The first-order valence-corrected chi connectivity index (χ1v) is 9.37. The third-order valence-corrected chi connectivity index (χ3v) is 4.94. The predicted octanol–water partition coefficient (Wildman–Crippen LogP) is 4.32. The van der Waals surface area contributed by atoms with E-state index >= 15 is 0 Å². The summed E-state index contributed by atoms with van der Waals surface area (Å²) in [6.07, 6.45) is 0. The molecule has 0 radical (unpaired) electrons. The second-order valence-electron chi connectivity index (χ2n) is 6.32. The molecule has 0 saturated heterocycles. The minimum Gasteiger partial charge on any atom is -0.411 e. The summed E-state index contributed by atoms with van der Waals surface area (Å²) in [5.41, 5.74) is 2.72. The zero-order chi connectivity index (χ0) is 19.4. The van der Waals surface area contributed by atoms with Crippen molar-refractivity contribution in [2.75, 3.05) is 7.05 Å². The fourth-order valence-electron chi connectivity index (χ4n) is 2.57. The molecule has 0 saturated carbocycles. The minimum absolute atomic E-state index is 0.0978. The highest BCUT2D eigenvalue weighted by Gasteiger charge is 2.22. The third kappa shape index (κ3) is 4.95. The van der Waals surface area contributed by atoms with Crippen molar-refractivity contribution in [3.05, 3.63) is 65.5 Å². The number of nitrogens with zero attached hydrogens (tertiary/aromatic N) is 3. The van der Waals surface area contributed by atoms with Crippen LogP contribution in [0.15, 0.2) is 58.2 Å². The highest BCUT2D eigenvalue weighted by atomic mass is 32.2. The molecule has 0 aliphatic rings. The molecule has 3 rings (SSSR count). The maximum absolute atomic E-state index is 13.3. The highest BCUT2D eigenvalue weighted by molar-refractivity contribution is 8.00. The number of carbonyl (C=O) groups is 1. The van der Waals surface area contributed by atoms with Gasteiger partial charge < -0.3 is 9.32 Å². The molecule has 1 aromatic heterocycles. The number of aromatic nitrogens is 2. The molecule has 0 aliphatic carbocycles. The Balaban J connectivity index is 1.61. The van der Waals surface area contributed by atoms with E-state index in [0.29, 0.717) is 17.7 Å². The van der Waals surface area contributed by atoms with Gasteiger partial charge in [0.05, 0.1) is 5.25 Å². The number of rotatable bonds is 6. The van der Waals surface area contributed by atoms with Gasteiger partial charge in [0.15, 0.2) is 0 Å². The number of halogens is 1. The van der Waals surface area contributed by atoms with Crippen molar-refractivity contribution in [1.82, 2.24) is 15.1 Å². The first-order chi connectivity index (χ1) is 12.9. The number of thioether (sulfide) groups is 1. The largest absolute Gasteiger partial charge is 0.411 e. The van der Waals surface area contributed by atoms with E-state index in [2.05, 4.69) is 10.2 Å². The smallest absolute Gasteiger partial charge is 0.277 e. The number of hydrogen-bond acceptors (Lipinski definition) is 5. The van der Waals surface area contributed by atoms with E-state index in [4.69, 9.17) is 4.42 Å². The van der Waals surface area contributed by atoms with E-state index in [1.165, 1.54) is 23.9 Å². The first-order valence-electron chi connectivity index (χ1n) is 8.49. The van der Waals surface area contributed by atoms with Crippen molar-refractivity contribution in [3.8, 4) is 11.5 Å². The van der Waals surface area contributed by atoms with Gasteiger partial charge in [-0.2, -0.15) is 0 Å². The highest BCUT2D eigenvalue weighted by Crippen LogP contribution is 2.27. The SMILES string of the molecule is Cc1ccc(-c2nnc(S[C@H](C)C(=O)N(C)Cc3cccc(F)c3)o2)cc1. The van der Waals surface area contributed by atoms with Crippen LogP contribution in [0.1, 0.15) is 18.1 Å². The van der Waals surface area contributed by atoms with Gasteiger partial charge in [0.25, 0.3) is 5.22 Å². The van der Waals surface area contributed by atoms with Crippen molar-refractivity contribution >= 4 is 17.7 Å². The molecule has 0 bridgehead atoms. The fourth-order valence-corrected chi connectivity index (χ4v) is 3.37. The van der Waals surface area contributed by atoms with E-state index in [0.717, 1.165) is 16.7 Å². The summed E-state index contributed by atoms with van der Waals surface area (Å²) in [5.74, 6) is 0.00915. The maximum atomic E-state index is 13.3. The quantitative estimate of drug-likeness (QED) is 0.591. The zero-order valence-corrected chi connectivity index (χ0v) is 16.2. The summed E-state index contributed by atoms with van der Waals surface area (Å²) in [5, 5.41) is 8.00. The van der Waals surface area contributed by atoms with Crippen LogP contribution in [-0.4, -0.2) is 33.3 Å². The molecule has 1 atom stereocenters. The lowest BCUT2D eigenvalue weighted by Gasteiger charge is -2.20. The van der Waals surface area contributed by atoms with Gasteiger partial charge in [0.2, 0.25) is 11.8 Å². The summed E-state index contributed by atoms with van der Waals surface area (Å²) in [7, 11) is 1.69. The molecule has 0 unspecified atom stereocenters. The molecule has 1 amide bonds. The summed E-state index contributed by atoms with van der Waals surface area (Å²) in [6, 6.07) is 14.0. The topological polar surface area (TPSA) is 59.2 Å². The van der Waals surface area contributed by atoms with Crippen molar-refractivity contribution in [3.63, 3.8) is 0 Å². The van der Waals surface area contributed by atoms with E-state index in [1.807, 2.05) is 31.2 Å². The van der Waals surface area contributed by atoms with Gasteiger partial charge >= 0.3 is 0 Å². The molecular weight excluding hydrogens is 365 g/mol. The Labute approximate surface area is 161 Å². The Morgan fingerprint density at radius 1 is 1.22 bits per heavy atom. The van der Waals surface area contributed by atoms with E-state index in [1.54, 1.807) is 31.0 Å². The molecule has 27 heavy (non-hydrogen) atoms. The molecule has 140 valence electrons. The lowest BCUT2D eigenvalue weighted by atomic mass is 10.1. The Hall–Kier alpha value is -2.67. The summed E-state index contributed by atoms with van der Waals surface area (Å²) >= 11 is 1.21. The number of amides is 1. The number of hydrogen-bond donors (Lipinski definition) is 0. The molecule has 0 fully saturated rings. The van der Waals surface area contributed by atoms with Crippen molar-refractivity contribution in [1.29, 1.82) is 0 Å². The Morgan fingerprint density at radius 2 is 1.96 bits per heavy atom. The fraction of sp³-hybridized carbons (Fsp3) is 0.250. The lowest BCUT2D eigenvalue weighted by molar-refractivity contribution is -0.129. The van der Waals surface area contributed by atoms with Crippen LogP contribution in [0.2, 0.25) is 0 Å². The van der Waals surface area contributed by atoms with E-state index in [-0.39, 0.29) is 11.7 Å². The zero-order valence-electron chi connectivity index (χ0n) is 15.3. The van der Waals surface area contributed by atoms with Crippen LogP contribution in [0.5, 0.6) is 0 Å². The minimum atomic E-state index is -0.408. The molecule has 0 N–H and O–H groups in total. The Bertz CT molecular complexity index is 927. The van der Waals surface area contributed by atoms with Crippen LogP contribution in [-0.2, 0) is 11.3 Å². The number of benzene rings is 2. The average molecular weight is 385 g/mol. The molecule has 1 heterocycles. The maximum Gasteiger partial charge on any atom is 0.277 e. The van der Waals surface area contributed by atoms with Crippen LogP contribution in [0.25, 0.3) is 11.5 Å². The first kappa shape index (κ1) is 19.1. The van der Waals surface area contributed by atoms with Crippen molar-refractivity contribution in [2.45, 2.75) is 30.9 Å². The third-order valence-electron chi connectivity index (χ3n) is 4.02. The standard InChI is InChI=1S/C20H20FN3O2S/c1-13-7-9-16(10-8-13)18-22-23-20(26-18)27-14(2)19(25)24(3)12-15-5-4-6-17(21)11-15/h4-11,14H,12H2,1-3H3/t14-/m1/s1. The molecular formula is C20H20FN3O2S. The number of aryl methyl sites for hydroxylation is 1. The van der Waals surface area contributed by atoms with Gasteiger partial charge in [-0.25, -0.2) is 4.39 Å². The predicted molar refractivity (Wildman–Crippen MR) is 103 cm³/mol. The van der Waals surface area contributed by atoms with Crippen LogP contribution in [0, 0.1) is 12.7 Å². The van der Waals surface area contributed by atoms with Crippen LogP contribution in [0.4, 0.5) is 4.39 Å². The van der Waals surface area contributed by atoms with Crippen LogP contribution in [0.3, 0.4) is 0 Å². The summed E-state index contributed by atoms with van der Waals surface area (Å²) in [6.45, 7) is 4.12. The van der Waals surface area contributed by atoms with Crippen LogP contribution < -0.4 is 0 Å².